The number of hydrogen-bond donors (Lipinski definition) is 0. The van der Waals surface area contributed by atoms with Crippen molar-refractivity contribution in [2.75, 3.05) is 54.6 Å². The maximum atomic E-state index is 5.53. The molecule has 1 heterocycles. The number of hydrogen-bond acceptors (Lipinski definition) is 5. The molecule has 0 saturated carbocycles. The molecule has 5 nitrogen and oxygen atoms in total. The van der Waals surface area contributed by atoms with Gasteiger partial charge in [-0.1, -0.05) is 13.1 Å². The predicted octanol–water partition coefficient (Wildman–Crippen LogP) is 1.32. The first-order chi connectivity index (χ1) is 8.89. The van der Waals surface area contributed by atoms with E-state index in [0.29, 0.717) is 0 Å². The minimum atomic E-state index is -2.41. The van der Waals surface area contributed by atoms with E-state index in [1.807, 2.05) is 0 Å². The standard InChI is InChI=1S/C12H30N2O3Si2/c1-13-7-9-14(10-8-13)18(5,6)11-12-19(15-2,16-3)17-4/h7-12H2,1-6H3. The maximum absolute atomic E-state index is 5.53. The van der Waals surface area contributed by atoms with Crippen molar-refractivity contribution in [3.63, 3.8) is 0 Å². The van der Waals surface area contributed by atoms with Gasteiger partial charge in [0.25, 0.3) is 0 Å². The first kappa shape index (κ1) is 17.3. The van der Waals surface area contributed by atoms with Gasteiger partial charge in [0.05, 0.1) is 0 Å². The third kappa shape index (κ3) is 4.62. The summed E-state index contributed by atoms with van der Waals surface area (Å²) in [5.74, 6) is 0. The summed E-state index contributed by atoms with van der Waals surface area (Å²) in [6.07, 6.45) is 0. The monoisotopic (exact) mass is 306 g/mol. The highest BCUT2D eigenvalue weighted by Crippen LogP contribution is 2.25. The smallest absolute Gasteiger partial charge is 0.377 e. The number of nitrogens with zero attached hydrogens (tertiary/aromatic N) is 2. The Balaban J connectivity index is 2.54. The van der Waals surface area contributed by atoms with Crippen LogP contribution >= 0.6 is 0 Å². The van der Waals surface area contributed by atoms with Crippen molar-refractivity contribution in [1.29, 1.82) is 0 Å². The van der Waals surface area contributed by atoms with Crippen molar-refractivity contribution in [2.24, 2.45) is 0 Å². The first-order valence-corrected chi connectivity index (χ1v) is 12.1. The first-order valence-electron chi connectivity index (χ1n) is 6.98. The summed E-state index contributed by atoms with van der Waals surface area (Å²) >= 11 is 0. The van der Waals surface area contributed by atoms with E-state index in [2.05, 4.69) is 29.6 Å². The molecule has 1 rings (SSSR count). The summed E-state index contributed by atoms with van der Waals surface area (Å²) in [6, 6.07) is 2.08. The third-order valence-corrected chi connectivity index (χ3v) is 11.2. The lowest BCUT2D eigenvalue weighted by Crippen LogP contribution is -2.57. The second kappa shape index (κ2) is 7.30. The molecule has 0 aromatic heterocycles. The Bertz CT molecular complexity index is 259. The zero-order valence-electron chi connectivity index (χ0n) is 13.4. The quantitative estimate of drug-likeness (QED) is 0.663. The highest BCUT2D eigenvalue weighted by Gasteiger charge is 2.41. The van der Waals surface area contributed by atoms with Crippen LogP contribution in [0.15, 0.2) is 0 Å². The van der Waals surface area contributed by atoms with E-state index in [9.17, 15) is 0 Å². The lowest BCUT2D eigenvalue weighted by molar-refractivity contribution is 0.124. The second-order valence-corrected chi connectivity index (χ2v) is 13.7. The van der Waals surface area contributed by atoms with Crippen LogP contribution in [0.4, 0.5) is 0 Å². The molecule has 0 atom stereocenters. The van der Waals surface area contributed by atoms with Crippen molar-refractivity contribution in [3.8, 4) is 0 Å². The van der Waals surface area contributed by atoms with Gasteiger partial charge in [-0.05, 0) is 13.1 Å². The molecule has 0 bridgehead atoms. The van der Waals surface area contributed by atoms with E-state index in [4.69, 9.17) is 13.3 Å². The van der Waals surface area contributed by atoms with Gasteiger partial charge in [-0.15, -0.1) is 0 Å². The zero-order valence-corrected chi connectivity index (χ0v) is 15.4. The van der Waals surface area contributed by atoms with E-state index in [1.54, 1.807) is 21.3 Å². The average Bonchev–Trinajstić information content (AvgIpc) is 2.41. The van der Waals surface area contributed by atoms with Crippen molar-refractivity contribution in [1.82, 2.24) is 9.47 Å². The molecule has 0 aromatic carbocycles. The molecule has 1 aliphatic heterocycles. The van der Waals surface area contributed by atoms with Gasteiger partial charge >= 0.3 is 8.80 Å². The molecule has 1 aliphatic rings. The summed E-state index contributed by atoms with van der Waals surface area (Å²) in [4.78, 5) is 2.40. The third-order valence-electron chi connectivity index (χ3n) is 4.34. The summed E-state index contributed by atoms with van der Waals surface area (Å²) < 4.78 is 19.3. The Morgan fingerprint density at radius 2 is 1.32 bits per heavy atom. The van der Waals surface area contributed by atoms with Gasteiger partial charge in [0.1, 0.15) is 8.24 Å². The maximum Gasteiger partial charge on any atom is 0.499 e. The lowest BCUT2D eigenvalue weighted by atomic mass is 10.4. The highest BCUT2D eigenvalue weighted by molar-refractivity contribution is 6.76. The molecule has 0 amide bonds. The normalized spacial score (nSPS) is 19.9. The molecular weight excluding hydrogens is 276 g/mol. The molecule has 1 fully saturated rings. The van der Waals surface area contributed by atoms with Crippen LogP contribution in [0.1, 0.15) is 0 Å². The molecule has 114 valence electrons. The van der Waals surface area contributed by atoms with E-state index in [1.165, 1.54) is 32.2 Å². The molecule has 19 heavy (non-hydrogen) atoms. The van der Waals surface area contributed by atoms with Gasteiger partial charge in [0.15, 0.2) is 0 Å². The van der Waals surface area contributed by atoms with Crippen LogP contribution in [0.5, 0.6) is 0 Å². The molecule has 0 aromatic rings. The summed E-state index contributed by atoms with van der Waals surface area (Å²) in [5.41, 5.74) is 0. The molecule has 0 aliphatic carbocycles. The topological polar surface area (TPSA) is 34.2 Å². The largest absolute Gasteiger partial charge is 0.499 e. The molecule has 0 unspecified atom stereocenters. The van der Waals surface area contributed by atoms with Gasteiger partial charge in [-0.2, -0.15) is 0 Å². The van der Waals surface area contributed by atoms with Crippen LogP contribution in [0.25, 0.3) is 0 Å². The molecule has 0 spiro atoms. The van der Waals surface area contributed by atoms with Crippen LogP contribution in [0.3, 0.4) is 0 Å². The molecule has 7 heteroatoms. The second-order valence-electron chi connectivity index (χ2n) is 5.90. The van der Waals surface area contributed by atoms with Gasteiger partial charge in [-0.3, -0.25) is 0 Å². The van der Waals surface area contributed by atoms with Gasteiger partial charge in [0, 0.05) is 53.6 Å². The Labute approximate surface area is 120 Å². The average molecular weight is 307 g/mol. The summed E-state index contributed by atoms with van der Waals surface area (Å²) in [7, 11) is 3.50. The molecular formula is C12H30N2O3Si2. The fraction of sp³-hybridized carbons (Fsp3) is 1.00. The van der Waals surface area contributed by atoms with Crippen LogP contribution in [0.2, 0.25) is 25.2 Å². The predicted molar refractivity (Wildman–Crippen MR) is 82.9 cm³/mol. The molecule has 1 saturated heterocycles. The summed E-state index contributed by atoms with van der Waals surface area (Å²) in [6.45, 7) is 9.63. The van der Waals surface area contributed by atoms with Crippen molar-refractivity contribution in [3.05, 3.63) is 0 Å². The van der Waals surface area contributed by atoms with Crippen molar-refractivity contribution in [2.45, 2.75) is 25.2 Å². The Kier molecular flexibility index (Phi) is 6.64. The van der Waals surface area contributed by atoms with Crippen LogP contribution in [-0.2, 0) is 13.3 Å². The van der Waals surface area contributed by atoms with Crippen molar-refractivity contribution < 1.29 is 13.3 Å². The van der Waals surface area contributed by atoms with E-state index in [0.717, 1.165) is 6.04 Å². The fourth-order valence-electron chi connectivity index (χ4n) is 2.59. The highest BCUT2D eigenvalue weighted by atomic mass is 28.4. The summed E-state index contributed by atoms with van der Waals surface area (Å²) in [5, 5.41) is 0. The molecule has 0 N–H and O–H groups in total. The molecule has 0 radical (unpaired) electrons. The van der Waals surface area contributed by atoms with Crippen LogP contribution in [0, 0.1) is 0 Å². The number of rotatable bonds is 7. The number of likely N-dealkylation sites (N-methyl/N-ethyl adjacent to an activating group) is 1. The van der Waals surface area contributed by atoms with Gasteiger partial charge < -0.3 is 22.7 Å². The Morgan fingerprint density at radius 3 is 1.74 bits per heavy atom. The Morgan fingerprint density at radius 1 is 0.842 bits per heavy atom. The minimum absolute atomic E-state index is 0.919. The van der Waals surface area contributed by atoms with E-state index < -0.39 is 17.0 Å². The lowest BCUT2D eigenvalue weighted by Gasteiger charge is -2.43. The van der Waals surface area contributed by atoms with Crippen molar-refractivity contribution >= 4 is 17.0 Å². The van der Waals surface area contributed by atoms with Crippen LogP contribution < -0.4 is 0 Å². The fourth-order valence-corrected chi connectivity index (χ4v) is 9.10. The van der Waals surface area contributed by atoms with Crippen LogP contribution in [-0.4, -0.2) is 81.1 Å². The zero-order chi connectivity index (χ0) is 14.5. The number of piperazine rings is 1. The van der Waals surface area contributed by atoms with E-state index >= 15 is 0 Å². The Hall–Kier alpha value is 0.234. The minimum Gasteiger partial charge on any atom is -0.377 e. The SMILES string of the molecule is CO[Si](CC[Si](C)(C)N1CCN(C)CC1)(OC)OC. The van der Waals surface area contributed by atoms with Gasteiger partial charge in [-0.25, -0.2) is 0 Å². The van der Waals surface area contributed by atoms with Gasteiger partial charge in [0.2, 0.25) is 0 Å². The van der Waals surface area contributed by atoms with E-state index in [-0.39, 0.29) is 0 Å².